The topological polar surface area (TPSA) is 82.5 Å². The number of ether oxygens (including phenoxy) is 2. The predicted molar refractivity (Wildman–Crippen MR) is 98.7 cm³/mol. The van der Waals surface area contributed by atoms with Crippen LogP contribution in [0.3, 0.4) is 0 Å². The van der Waals surface area contributed by atoms with Crippen LogP contribution in [0.2, 0.25) is 0 Å². The minimum atomic E-state index is -0.512. The molecule has 0 unspecified atom stereocenters. The van der Waals surface area contributed by atoms with Crippen molar-refractivity contribution in [3.05, 3.63) is 78.1 Å². The third kappa shape index (κ3) is 4.94. The molecule has 7 heteroatoms. The molecule has 1 N–H and O–H groups in total. The molecule has 138 valence electrons. The summed E-state index contributed by atoms with van der Waals surface area (Å²) in [4.78, 5) is 23.9. The van der Waals surface area contributed by atoms with Gasteiger partial charge in [0.15, 0.2) is 0 Å². The summed E-state index contributed by atoms with van der Waals surface area (Å²) in [5.74, 6) is -0.305. The Morgan fingerprint density at radius 2 is 1.93 bits per heavy atom. The monoisotopic (exact) mass is 365 g/mol. The lowest BCUT2D eigenvalue weighted by molar-refractivity contribution is -0.143. The average molecular weight is 365 g/mol. The summed E-state index contributed by atoms with van der Waals surface area (Å²) < 4.78 is 12.0. The van der Waals surface area contributed by atoms with Gasteiger partial charge in [-0.25, -0.2) is 4.68 Å². The molecule has 0 radical (unpaired) electrons. The normalized spacial score (nSPS) is 10.3. The largest absolute Gasteiger partial charge is 0.497 e. The SMILES string of the molecule is COc1cccc(C(=O)NCC(=O)OCc2ccc(-n3cccn3)cc2)c1. The molecule has 0 atom stereocenters. The number of aromatic nitrogens is 2. The Labute approximate surface area is 156 Å². The van der Waals surface area contributed by atoms with Gasteiger partial charge in [-0.3, -0.25) is 9.59 Å². The number of methoxy groups -OCH3 is 1. The number of carbonyl (C=O) groups excluding carboxylic acids is 2. The second-order valence-corrected chi connectivity index (χ2v) is 5.69. The smallest absolute Gasteiger partial charge is 0.325 e. The Balaban J connectivity index is 1.46. The number of amides is 1. The van der Waals surface area contributed by atoms with Crippen molar-refractivity contribution in [3.8, 4) is 11.4 Å². The third-order valence-corrected chi connectivity index (χ3v) is 3.83. The first-order valence-electron chi connectivity index (χ1n) is 8.32. The van der Waals surface area contributed by atoms with Crippen LogP contribution in [0, 0.1) is 0 Å². The van der Waals surface area contributed by atoms with Gasteiger partial charge in [-0.15, -0.1) is 0 Å². The standard InChI is InChI=1S/C20H19N3O4/c1-26-18-5-2-4-16(12-18)20(25)21-13-19(24)27-14-15-6-8-17(9-7-15)23-11-3-10-22-23/h2-12H,13-14H2,1H3,(H,21,25). The van der Waals surface area contributed by atoms with E-state index in [4.69, 9.17) is 9.47 Å². The van der Waals surface area contributed by atoms with Crippen LogP contribution < -0.4 is 10.1 Å². The Morgan fingerprint density at radius 3 is 2.63 bits per heavy atom. The Hall–Kier alpha value is -3.61. The molecular formula is C20H19N3O4. The lowest BCUT2D eigenvalue weighted by Crippen LogP contribution is -2.30. The summed E-state index contributed by atoms with van der Waals surface area (Å²) in [7, 11) is 1.52. The van der Waals surface area contributed by atoms with E-state index in [-0.39, 0.29) is 19.1 Å². The predicted octanol–water partition coefficient (Wildman–Crippen LogP) is 2.35. The van der Waals surface area contributed by atoms with Gasteiger partial charge in [0, 0.05) is 18.0 Å². The number of nitrogens with zero attached hydrogens (tertiary/aromatic N) is 2. The summed E-state index contributed by atoms with van der Waals surface area (Å²) in [6.45, 7) is -0.0747. The maximum atomic E-state index is 12.1. The summed E-state index contributed by atoms with van der Waals surface area (Å²) in [5.41, 5.74) is 2.18. The fourth-order valence-corrected chi connectivity index (χ4v) is 2.40. The molecule has 0 spiro atoms. The van der Waals surface area contributed by atoms with Crippen LogP contribution in [-0.2, 0) is 16.1 Å². The maximum absolute atomic E-state index is 12.1. The Bertz CT molecular complexity index is 905. The second-order valence-electron chi connectivity index (χ2n) is 5.69. The van der Waals surface area contributed by atoms with Gasteiger partial charge in [0.2, 0.25) is 0 Å². The van der Waals surface area contributed by atoms with Gasteiger partial charge < -0.3 is 14.8 Å². The molecule has 0 aliphatic heterocycles. The molecular weight excluding hydrogens is 346 g/mol. The molecule has 0 saturated carbocycles. The number of benzene rings is 2. The van der Waals surface area contributed by atoms with Crippen molar-refractivity contribution in [3.63, 3.8) is 0 Å². The van der Waals surface area contributed by atoms with E-state index in [2.05, 4.69) is 10.4 Å². The summed E-state index contributed by atoms with van der Waals surface area (Å²) in [6, 6.07) is 16.0. The van der Waals surface area contributed by atoms with E-state index in [0.29, 0.717) is 11.3 Å². The molecule has 0 aliphatic carbocycles. The van der Waals surface area contributed by atoms with Crippen molar-refractivity contribution in [2.75, 3.05) is 13.7 Å². The van der Waals surface area contributed by atoms with Crippen molar-refractivity contribution in [1.29, 1.82) is 0 Å². The molecule has 1 aromatic heterocycles. The highest BCUT2D eigenvalue weighted by Crippen LogP contribution is 2.12. The van der Waals surface area contributed by atoms with E-state index in [1.165, 1.54) is 7.11 Å². The van der Waals surface area contributed by atoms with E-state index in [9.17, 15) is 9.59 Å². The molecule has 0 fully saturated rings. The van der Waals surface area contributed by atoms with Crippen molar-refractivity contribution in [2.45, 2.75) is 6.61 Å². The van der Waals surface area contributed by atoms with Gasteiger partial charge in [0.25, 0.3) is 5.91 Å². The zero-order chi connectivity index (χ0) is 19.1. The molecule has 0 bridgehead atoms. The second kappa shape index (κ2) is 8.66. The van der Waals surface area contributed by atoms with Gasteiger partial charge in [-0.1, -0.05) is 18.2 Å². The first-order valence-corrected chi connectivity index (χ1v) is 8.32. The number of carbonyl (C=O) groups is 2. The van der Waals surface area contributed by atoms with Gasteiger partial charge in [0.1, 0.15) is 18.9 Å². The molecule has 0 saturated heterocycles. The molecule has 3 aromatic rings. The highest BCUT2D eigenvalue weighted by Gasteiger charge is 2.10. The van der Waals surface area contributed by atoms with Crippen molar-refractivity contribution in [1.82, 2.24) is 15.1 Å². The quantitative estimate of drug-likeness (QED) is 0.650. The highest BCUT2D eigenvalue weighted by molar-refractivity contribution is 5.96. The number of nitrogens with one attached hydrogen (secondary N) is 1. The summed E-state index contributed by atoms with van der Waals surface area (Å²) in [6.07, 6.45) is 3.55. The number of hydrogen-bond donors (Lipinski definition) is 1. The zero-order valence-corrected chi connectivity index (χ0v) is 14.8. The fraction of sp³-hybridized carbons (Fsp3) is 0.150. The average Bonchev–Trinajstić information content (AvgIpc) is 3.25. The van der Waals surface area contributed by atoms with Crippen LogP contribution in [0.5, 0.6) is 5.75 Å². The van der Waals surface area contributed by atoms with Gasteiger partial charge >= 0.3 is 5.97 Å². The lowest BCUT2D eigenvalue weighted by Gasteiger charge is -2.08. The maximum Gasteiger partial charge on any atom is 0.325 e. The van der Waals surface area contributed by atoms with Crippen LogP contribution in [0.25, 0.3) is 5.69 Å². The van der Waals surface area contributed by atoms with Crippen LogP contribution in [0.4, 0.5) is 0 Å². The third-order valence-electron chi connectivity index (χ3n) is 3.83. The van der Waals surface area contributed by atoms with Gasteiger partial charge in [-0.05, 0) is 42.0 Å². The van der Waals surface area contributed by atoms with Crippen LogP contribution >= 0.6 is 0 Å². The van der Waals surface area contributed by atoms with Crippen molar-refractivity contribution in [2.24, 2.45) is 0 Å². The first-order chi connectivity index (χ1) is 13.2. The van der Waals surface area contributed by atoms with E-state index in [0.717, 1.165) is 11.3 Å². The van der Waals surface area contributed by atoms with E-state index >= 15 is 0 Å². The first kappa shape index (κ1) is 18.2. The Morgan fingerprint density at radius 1 is 1.11 bits per heavy atom. The van der Waals surface area contributed by atoms with Crippen LogP contribution in [0.15, 0.2) is 67.0 Å². The minimum Gasteiger partial charge on any atom is -0.497 e. The molecule has 3 rings (SSSR count). The van der Waals surface area contributed by atoms with Crippen LogP contribution in [-0.4, -0.2) is 35.3 Å². The van der Waals surface area contributed by atoms with E-state index in [1.54, 1.807) is 35.1 Å². The molecule has 2 aromatic carbocycles. The van der Waals surface area contributed by atoms with Crippen molar-refractivity contribution >= 4 is 11.9 Å². The zero-order valence-electron chi connectivity index (χ0n) is 14.8. The number of rotatable bonds is 7. The Kier molecular flexibility index (Phi) is 5.84. The fourth-order valence-electron chi connectivity index (χ4n) is 2.40. The number of esters is 1. The number of hydrogen-bond acceptors (Lipinski definition) is 5. The summed E-state index contributed by atoms with van der Waals surface area (Å²) in [5, 5.41) is 6.68. The van der Waals surface area contributed by atoms with E-state index < -0.39 is 5.97 Å². The molecule has 1 heterocycles. The highest BCUT2D eigenvalue weighted by atomic mass is 16.5. The summed E-state index contributed by atoms with van der Waals surface area (Å²) >= 11 is 0. The lowest BCUT2D eigenvalue weighted by atomic mass is 10.2. The minimum absolute atomic E-state index is 0.132. The molecule has 27 heavy (non-hydrogen) atoms. The van der Waals surface area contributed by atoms with Gasteiger partial charge in [-0.2, -0.15) is 5.10 Å². The molecule has 0 aliphatic rings. The van der Waals surface area contributed by atoms with Crippen LogP contribution in [0.1, 0.15) is 15.9 Å². The molecule has 7 nitrogen and oxygen atoms in total. The molecule has 1 amide bonds. The van der Waals surface area contributed by atoms with Crippen molar-refractivity contribution < 1.29 is 19.1 Å². The van der Waals surface area contributed by atoms with E-state index in [1.807, 2.05) is 36.5 Å². The van der Waals surface area contributed by atoms with Gasteiger partial charge in [0.05, 0.1) is 12.8 Å².